The summed E-state index contributed by atoms with van der Waals surface area (Å²) in [6.45, 7) is -0.422. The summed E-state index contributed by atoms with van der Waals surface area (Å²) < 4.78 is 4.99. The molecule has 3 amide bonds. The zero-order chi connectivity index (χ0) is 18.2. The van der Waals surface area contributed by atoms with Crippen molar-refractivity contribution in [2.75, 3.05) is 23.5 Å². The average Bonchev–Trinajstić information content (AvgIpc) is 2.60. The number of urea groups is 1. The van der Waals surface area contributed by atoms with Crippen molar-refractivity contribution >= 4 is 41.0 Å². The van der Waals surface area contributed by atoms with Gasteiger partial charge in [-0.2, -0.15) is 0 Å². The molecule has 2 rings (SSSR count). The third-order valence-corrected chi connectivity index (χ3v) is 3.88. The van der Waals surface area contributed by atoms with E-state index in [0.29, 0.717) is 11.4 Å². The smallest absolute Gasteiger partial charge is 0.338 e. The topological polar surface area (TPSA) is 111 Å². The van der Waals surface area contributed by atoms with E-state index in [9.17, 15) is 14.4 Å². The number of anilines is 2. The molecule has 0 atom stereocenters. The molecule has 0 radical (unpaired) electrons. The van der Waals surface area contributed by atoms with E-state index in [2.05, 4.69) is 10.6 Å². The highest BCUT2D eigenvalue weighted by Crippen LogP contribution is 2.24. The minimum absolute atomic E-state index is 0.198. The standard InChI is InChI=1S/C17H17N3O4S/c1-25-14-8-3-2-7-13(14)20-15(21)10-24-16(22)11-5-4-6-12(9-11)19-17(18)23/h2-9H,10H2,1H3,(H,20,21)(H3,18,19,23). The fourth-order valence-corrected chi connectivity index (χ4v) is 2.57. The lowest BCUT2D eigenvalue weighted by Gasteiger charge is -2.10. The third-order valence-electron chi connectivity index (χ3n) is 3.08. The monoisotopic (exact) mass is 359 g/mol. The molecule has 0 saturated carbocycles. The Balaban J connectivity index is 1.93. The molecule has 0 fully saturated rings. The minimum atomic E-state index is -0.739. The Hall–Kier alpha value is -3.00. The molecule has 2 aromatic carbocycles. The van der Waals surface area contributed by atoms with Gasteiger partial charge < -0.3 is 21.1 Å². The summed E-state index contributed by atoms with van der Waals surface area (Å²) in [6.07, 6.45) is 1.90. The molecule has 7 nitrogen and oxygen atoms in total. The van der Waals surface area contributed by atoms with Gasteiger partial charge in [0.25, 0.3) is 5.91 Å². The average molecular weight is 359 g/mol. The lowest BCUT2D eigenvalue weighted by atomic mass is 10.2. The fraction of sp³-hybridized carbons (Fsp3) is 0.118. The number of esters is 1. The highest BCUT2D eigenvalue weighted by Gasteiger charge is 2.12. The van der Waals surface area contributed by atoms with Crippen molar-refractivity contribution in [3.05, 3.63) is 54.1 Å². The van der Waals surface area contributed by atoms with E-state index in [0.717, 1.165) is 4.90 Å². The number of hydrogen-bond acceptors (Lipinski definition) is 5. The van der Waals surface area contributed by atoms with Gasteiger partial charge in [-0.3, -0.25) is 4.79 Å². The summed E-state index contributed by atoms with van der Waals surface area (Å²) in [5.41, 5.74) is 6.24. The van der Waals surface area contributed by atoms with Crippen LogP contribution in [0.3, 0.4) is 0 Å². The predicted molar refractivity (Wildman–Crippen MR) is 96.8 cm³/mol. The first kappa shape index (κ1) is 18.3. The van der Waals surface area contributed by atoms with Crippen molar-refractivity contribution in [2.24, 2.45) is 5.73 Å². The lowest BCUT2D eigenvalue weighted by molar-refractivity contribution is -0.119. The van der Waals surface area contributed by atoms with Crippen molar-refractivity contribution in [3.63, 3.8) is 0 Å². The number of rotatable bonds is 6. The summed E-state index contributed by atoms with van der Waals surface area (Å²) in [5.74, 6) is -1.12. The van der Waals surface area contributed by atoms with Gasteiger partial charge in [0.15, 0.2) is 6.61 Å². The Morgan fingerprint density at radius 3 is 2.56 bits per heavy atom. The van der Waals surface area contributed by atoms with Gasteiger partial charge in [-0.25, -0.2) is 9.59 Å². The van der Waals surface area contributed by atoms with Gasteiger partial charge >= 0.3 is 12.0 Å². The SMILES string of the molecule is CSc1ccccc1NC(=O)COC(=O)c1cccc(NC(N)=O)c1. The van der Waals surface area contributed by atoms with E-state index >= 15 is 0 Å². The molecule has 4 N–H and O–H groups in total. The first-order valence-corrected chi connectivity index (χ1v) is 8.48. The van der Waals surface area contributed by atoms with Crippen LogP contribution in [0.1, 0.15) is 10.4 Å². The first-order valence-electron chi connectivity index (χ1n) is 7.26. The summed E-state index contributed by atoms with van der Waals surface area (Å²) in [4.78, 5) is 35.7. The molecule has 0 aromatic heterocycles. The summed E-state index contributed by atoms with van der Waals surface area (Å²) in [5, 5.41) is 5.05. The van der Waals surface area contributed by atoms with Crippen LogP contribution in [0.25, 0.3) is 0 Å². The maximum Gasteiger partial charge on any atom is 0.338 e. The zero-order valence-corrected chi connectivity index (χ0v) is 14.3. The molecule has 0 aliphatic rings. The molecular formula is C17H17N3O4S. The Morgan fingerprint density at radius 2 is 1.84 bits per heavy atom. The number of amides is 3. The van der Waals surface area contributed by atoms with E-state index in [1.54, 1.807) is 24.3 Å². The second kappa shape index (κ2) is 8.74. The molecule has 0 unspecified atom stereocenters. The van der Waals surface area contributed by atoms with Crippen LogP contribution in [-0.4, -0.2) is 30.8 Å². The molecule has 130 valence electrons. The van der Waals surface area contributed by atoms with E-state index in [1.165, 1.54) is 23.9 Å². The minimum Gasteiger partial charge on any atom is -0.452 e. The van der Waals surface area contributed by atoms with Crippen molar-refractivity contribution in [3.8, 4) is 0 Å². The number of para-hydroxylation sites is 1. The number of thioether (sulfide) groups is 1. The predicted octanol–water partition coefficient (Wildman–Crippen LogP) is 2.69. The van der Waals surface area contributed by atoms with E-state index < -0.39 is 24.5 Å². The van der Waals surface area contributed by atoms with Crippen molar-refractivity contribution in [2.45, 2.75) is 4.90 Å². The molecule has 8 heteroatoms. The summed E-state index contributed by atoms with van der Waals surface area (Å²) in [7, 11) is 0. The number of nitrogens with two attached hydrogens (primary N) is 1. The van der Waals surface area contributed by atoms with Crippen molar-refractivity contribution < 1.29 is 19.1 Å². The van der Waals surface area contributed by atoms with Gasteiger partial charge in [0.05, 0.1) is 11.3 Å². The Bertz CT molecular complexity index is 795. The third kappa shape index (κ3) is 5.54. The molecule has 0 spiro atoms. The first-order chi connectivity index (χ1) is 12.0. The molecule has 0 bridgehead atoms. The maximum atomic E-state index is 12.0. The molecule has 0 saturated heterocycles. The zero-order valence-electron chi connectivity index (χ0n) is 13.4. The Kier molecular flexibility index (Phi) is 6.41. The number of carbonyl (C=O) groups is 3. The number of nitrogens with one attached hydrogen (secondary N) is 2. The molecule has 25 heavy (non-hydrogen) atoms. The highest BCUT2D eigenvalue weighted by atomic mass is 32.2. The van der Waals surface area contributed by atoms with Crippen LogP contribution in [0.15, 0.2) is 53.4 Å². The van der Waals surface area contributed by atoms with Crippen LogP contribution >= 0.6 is 11.8 Å². The van der Waals surface area contributed by atoms with Gasteiger partial charge in [-0.1, -0.05) is 18.2 Å². The quantitative estimate of drug-likeness (QED) is 0.542. The van der Waals surface area contributed by atoms with Crippen LogP contribution in [0, 0.1) is 0 Å². The van der Waals surface area contributed by atoms with Crippen molar-refractivity contribution in [1.82, 2.24) is 0 Å². The largest absolute Gasteiger partial charge is 0.452 e. The molecule has 0 heterocycles. The summed E-state index contributed by atoms with van der Waals surface area (Å²) in [6, 6.07) is 12.6. The number of carbonyl (C=O) groups excluding carboxylic acids is 3. The molecule has 0 aliphatic carbocycles. The lowest BCUT2D eigenvalue weighted by Crippen LogP contribution is -2.21. The second-order valence-corrected chi connectivity index (χ2v) is 5.74. The second-order valence-electron chi connectivity index (χ2n) is 4.89. The molecule has 0 aliphatic heterocycles. The van der Waals surface area contributed by atoms with Gasteiger partial charge in [-0.05, 0) is 36.6 Å². The maximum absolute atomic E-state index is 12.0. The molecule has 2 aromatic rings. The summed E-state index contributed by atoms with van der Waals surface area (Å²) >= 11 is 1.50. The van der Waals surface area contributed by atoms with Crippen molar-refractivity contribution in [1.29, 1.82) is 0 Å². The van der Waals surface area contributed by atoms with Crippen LogP contribution in [-0.2, 0) is 9.53 Å². The number of hydrogen-bond donors (Lipinski definition) is 3. The van der Waals surface area contributed by atoms with Crippen LogP contribution in [0.2, 0.25) is 0 Å². The Labute approximate surface area is 148 Å². The fourth-order valence-electron chi connectivity index (χ4n) is 2.01. The molecular weight excluding hydrogens is 342 g/mol. The van der Waals surface area contributed by atoms with E-state index in [4.69, 9.17) is 10.5 Å². The van der Waals surface area contributed by atoms with E-state index in [1.807, 2.05) is 18.4 Å². The number of ether oxygens (including phenoxy) is 1. The van der Waals surface area contributed by atoms with Gasteiger partial charge in [0.1, 0.15) is 0 Å². The van der Waals surface area contributed by atoms with Gasteiger partial charge in [-0.15, -0.1) is 11.8 Å². The normalized spacial score (nSPS) is 9.96. The van der Waals surface area contributed by atoms with Gasteiger partial charge in [0.2, 0.25) is 0 Å². The number of benzene rings is 2. The van der Waals surface area contributed by atoms with E-state index in [-0.39, 0.29) is 5.56 Å². The highest BCUT2D eigenvalue weighted by molar-refractivity contribution is 7.98. The van der Waals surface area contributed by atoms with Crippen LogP contribution in [0.5, 0.6) is 0 Å². The van der Waals surface area contributed by atoms with Gasteiger partial charge in [0, 0.05) is 10.6 Å². The van der Waals surface area contributed by atoms with Crippen LogP contribution < -0.4 is 16.4 Å². The Morgan fingerprint density at radius 1 is 1.08 bits per heavy atom. The number of primary amides is 1. The van der Waals surface area contributed by atoms with Crippen LogP contribution in [0.4, 0.5) is 16.2 Å².